The summed E-state index contributed by atoms with van der Waals surface area (Å²) in [5.41, 5.74) is 0.937. The summed E-state index contributed by atoms with van der Waals surface area (Å²) in [6.07, 6.45) is 5.15. The highest BCUT2D eigenvalue weighted by atomic mass is 32.1. The summed E-state index contributed by atoms with van der Waals surface area (Å²) < 4.78 is 1.87. The molecule has 0 spiro atoms. The number of H-pyrrole nitrogens is 1. The average molecular weight is 466 g/mol. The van der Waals surface area contributed by atoms with E-state index in [4.69, 9.17) is 9.97 Å². The highest BCUT2D eigenvalue weighted by Crippen LogP contribution is 2.34. The Hall–Kier alpha value is -3.47. The Bertz CT molecular complexity index is 1290. The van der Waals surface area contributed by atoms with Crippen LogP contribution in [-0.2, 0) is 10.2 Å². The molecule has 3 N–H and O–H groups in total. The number of hydrogen-bond donors (Lipinski definition) is 3. The second kappa shape index (κ2) is 7.84. The molecule has 1 aliphatic heterocycles. The van der Waals surface area contributed by atoms with Gasteiger partial charge in [0.15, 0.2) is 10.9 Å². The maximum atomic E-state index is 13.2. The Labute approximate surface area is 195 Å². The maximum Gasteiger partial charge on any atom is 0.251 e. The van der Waals surface area contributed by atoms with Gasteiger partial charge in [-0.2, -0.15) is 15.1 Å². The molecule has 1 saturated heterocycles. The molecule has 0 radical (unpaired) electrons. The van der Waals surface area contributed by atoms with Crippen LogP contribution in [0.3, 0.4) is 0 Å². The minimum Gasteiger partial charge on any atom is -0.326 e. The summed E-state index contributed by atoms with van der Waals surface area (Å²) in [6, 6.07) is 5.82. The Balaban J connectivity index is 1.48. The van der Waals surface area contributed by atoms with Crippen molar-refractivity contribution in [2.45, 2.75) is 51.5 Å². The molecule has 4 aromatic rings. The molecule has 11 heteroatoms. The number of amides is 1. The molecule has 10 nitrogen and oxygen atoms in total. The lowest BCUT2D eigenvalue weighted by Gasteiger charge is -2.33. The molecule has 1 aliphatic rings. The number of carbonyl (C=O) groups is 1. The van der Waals surface area contributed by atoms with Gasteiger partial charge in [0.2, 0.25) is 11.9 Å². The molecule has 0 bridgehead atoms. The first-order valence-corrected chi connectivity index (χ1v) is 11.8. The van der Waals surface area contributed by atoms with E-state index in [9.17, 15) is 4.79 Å². The Morgan fingerprint density at radius 2 is 2.15 bits per heavy atom. The number of carbonyl (C=O) groups excluding carboxylic acids is 1. The van der Waals surface area contributed by atoms with Crippen molar-refractivity contribution < 1.29 is 4.79 Å². The molecule has 33 heavy (non-hydrogen) atoms. The van der Waals surface area contributed by atoms with Gasteiger partial charge in [-0.15, -0.1) is 11.3 Å². The largest absolute Gasteiger partial charge is 0.326 e. The van der Waals surface area contributed by atoms with Crippen molar-refractivity contribution in [3.63, 3.8) is 0 Å². The van der Waals surface area contributed by atoms with E-state index in [0.717, 1.165) is 17.8 Å². The molecule has 0 saturated carbocycles. The van der Waals surface area contributed by atoms with Crippen molar-refractivity contribution in [2.24, 2.45) is 0 Å². The first-order chi connectivity index (χ1) is 15.7. The van der Waals surface area contributed by atoms with Crippen molar-refractivity contribution in [2.75, 3.05) is 22.1 Å². The molecule has 0 unspecified atom stereocenters. The van der Waals surface area contributed by atoms with Gasteiger partial charge in [0, 0.05) is 41.5 Å². The SMILES string of the molecule is CC(C)(C)c1cc(Nc2nc(N3CCC[C@@]3(C)C(=O)Nc3nccs3)nc3cccn23)n[nH]1. The van der Waals surface area contributed by atoms with Crippen molar-refractivity contribution in [3.8, 4) is 0 Å². The monoisotopic (exact) mass is 465 g/mol. The van der Waals surface area contributed by atoms with Crippen molar-refractivity contribution in [3.05, 3.63) is 41.7 Å². The van der Waals surface area contributed by atoms with E-state index in [1.807, 2.05) is 46.0 Å². The smallest absolute Gasteiger partial charge is 0.251 e. The van der Waals surface area contributed by atoms with Crippen LogP contribution in [0.5, 0.6) is 0 Å². The summed E-state index contributed by atoms with van der Waals surface area (Å²) in [6.45, 7) is 9.01. The number of aromatic nitrogens is 6. The number of anilines is 4. The number of nitrogens with zero attached hydrogens (tertiary/aromatic N) is 6. The van der Waals surface area contributed by atoms with Crippen molar-refractivity contribution in [1.29, 1.82) is 0 Å². The number of fused-ring (bicyclic) bond motifs is 1. The zero-order valence-corrected chi connectivity index (χ0v) is 19.9. The predicted molar refractivity (Wildman–Crippen MR) is 129 cm³/mol. The predicted octanol–water partition coefficient (Wildman–Crippen LogP) is 3.95. The molecule has 4 aromatic heterocycles. The van der Waals surface area contributed by atoms with Crippen LogP contribution in [0.15, 0.2) is 36.0 Å². The number of hydrogen-bond acceptors (Lipinski definition) is 8. The Morgan fingerprint density at radius 3 is 2.88 bits per heavy atom. The topological polar surface area (TPSA) is 116 Å². The summed E-state index contributed by atoms with van der Waals surface area (Å²) in [5, 5.41) is 16.2. The van der Waals surface area contributed by atoms with Gasteiger partial charge in [-0.1, -0.05) is 20.8 Å². The number of rotatable bonds is 5. The maximum absolute atomic E-state index is 13.2. The minimum atomic E-state index is -0.778. The van der Waals surface area contributed by atoms with Crippen LogP contribution in [0.2, 0.25) is 0 Å². The molecule has 0 aromatic carbocycles. The minimum absolute atomic E-state index is 0.0469. The van der Waals surface area contributed by atoms with Crippen LogP contribution in [0.25, 0.3) is 5.65 Å². The quantitative estimate of drug-likeness (QED) is 0.409. The second-order valence-corrected chi connectivity index (χ2v) is 10.3. The zero-order valence-electron chi connectivity index (χ0n) is 19.1. The average Bonchev–Trinajstić information content (AvgIpc) is 3.54. The Kier molecular flexibility index (Phi) is 5.08. The van der Waals surface area contributed by atoms with Gasteiger partial charge in [-0.25, -0.2) is 4.98 Å². The van der Waals surface area contributed by atoms with Crippen molar-refractivity contribution in [1.82, 2.24) is 29.5 Å². The van der Waals surface area contributed by atoms with E-state index < -0.39 is 5.54 Å². The fourth-order valence-electron chi connectivity index (χ4n) is 4.05. The van der Waals surface area contributed by atoms with E-state index in [1.165, 1.54) is 11.3 Å². The van der Waals surface area contributed by atoms with Gasteiger partial charge in [-0.3, -0.25) is 19.6 Å². The van der Waals surface area contributed by atoms with Crippen LogP contribution in [0.1, 0.15) is 46.2 Å². The normalized spacial score (nSPS) is 18.7. The van der Waals surface area contributed by atoms with E-state index in [2.05, 4.69) is 46.6 Å². The second-order valence-electron chi connectivity index (χ2n) is 9.45. The molecule has 5 heterocycles. The van der Waals surface area contributed by atoms with Gasteiger partial charge < -0.3 is 10.2 Å². The lowest BCUT2D eigenvalue weighted by atomic mass is 9.92. The highest BCUT2D eigenvalue weighted by Gasteiger charge is 2.45. The van der Waals surface area contributed by atoms with Crippen LogP contribution in [0, 0.1) is 0 Å². The van der Waals surface area contributed by atoms with Gasteiger partial charge >= 0.3 is 0 Å². The number of aromatic amines is 1. The number of nitrogens with one attached hydrogen (secondary N) is 3. The highest BCUT2D eigenvalue weighted by molar-refractivity contribution is 7.13. The molecule has 1 fully saturated rings. The summed E-state index contributed by atoms with van der Waals surface area (Å²) in [5.74, 6) is 1.65. The molecular formula is C22H27N9OS. The summed E-state index contributed by atoms with van der Waals surface area (Å²) in [7, 11) is 0. The van der Waals surface area contributed by atoms with Gasteiger partial charge in [0.25, 0.3) is 5.91 Å². The standard InChI is InChI=1S/C22H27N9OS/c1-21(2,3)14-13-15(29-28-14)24-18-27-19(25-16-7-5-10-30(16)18)31-11-6-8-22(31,4)17(32)26-20-23-9-12-33-20/h5,7,9-10,12-13H,6,8,11H2,1-4H3,(H,23,26,32)(H2,24,25,27,28,29)/t22-/m0/s1. The van der Waals surface area contributed by atoms with E-state index in [1.54, 1.807) is 6.20 Å². The third kappa shape index (κ3) is 3.92. The molecule has 5 rings (SSSR count). The third-order valence-electron chi connectivity index (χ3n) is 6.03. The zero-order chi connectivity index (χ0) is 23.2. The lowest BCUT2D eigenvalue weighted by Crippen LogP contribution is -2.51. The molecule has 1 amide bonds. The van der Waals surface area contributed by atoms with Crippen LogP contribution in [0.4, 0.5) is 22.8 Å². The fourth-order valence-corrected chi connectivity index (χ4v) is 4.57. The summed E-state index contributed by atoms with van der Waals surface area (Å²) in [4.78, 5) is 29.0. The van der Waals surface area contributed by atoms with Crippen LogP contribution < -0.4 is 15.5 Å². The van der Waals surface area contributed by atoms with Gasteiger partial charge in [0.05, 0.1) is 0 Å². The van der Waals surface area contributed by atoms with Crippen LogP contribution in [-0.4, -0.2) is 47.5 Å². The lowest BCUT2D eigenvalue weighted by molar-refractivity contribution is -0.120. The van der Waals surface area contributed by atoms with E-state index in [-0.39, 0.29) is 11.3 Å². The van der Waals surface area contributed by atoms with E-state index >= 15 is 0 Å². The molecule has 1 atom stereocenters. The third-order valence-corrected chi connectivity index (χ3v) is 6.71. The summed E-state index contributed by atoms with van der Waals surface area (Å²) >= 11 is 1.40. The van der Waals surface area contributed by atoms with E-state index in [0.29, 0.717) is 35.8 Å². The van der Waals surface area contributed by atoms with Gasteiger partial charge in [-0.05, 0) is 31.9 Å². The van der Waals surface area contributed by atoms with Crippen molar-refractivity contribution >= 4 is 45.7 Å². The first kappa shape index (κ1) is 21.4. The first-order valence-electron chi connectivity index (χ1n) is 10.9. The molecule has 0 aliphatic carbocycles. The van der Waals surface area contributed by atoms with Gasteiger partial charge in [0.1, 0.15) is 11.2 Å². The van der Waals surface area contributed by atoms with Crippen LogP contribution >= 0.6 is 11.3 Å². The Morgan fingerprint density at radius 1 is 1.30 bits per heavy atom. The molecular weight excluding hydrogens is 438 g/mol. The molecule has 172 valence electrons. The number of thiazole rings is 1. The fraction of sp³-hybridized carbons (Fsp3) is 0.409.